The zero-order valence-electron chi connectivity index (χ0n) is 9.64. The first-order valence-electron chi connectivity index (χ1n) is 5.04. The number of methoxy groups -OCH3 is 1. The van der Waals surface area contributed by atoms with E-state index in [1.54, 1.807) is 0 Å². The maximum absolute atomic E-state index is 13.4. The zero-order valence-corrected chi connectivity index (χ0v) is 9.64. The highest BCUT2D eigenvalue weighted by molar-refractivity contribution is 5.96. The van der Waals surface area contributed by atoms with Crippen molar-refractivity contribution in [1.82, 2.24) is 0 Å². The van der Waals surface area contributed by atoms with E-state index >= 15 is 0 Å². The normalized spacial score (nSPS) is 11.9. The molecule has 0 heterocycles. The lowest BCUT2D eigenvalue weighted by molar-refractivity contribution is -0.118. The Morgan fingerprint density at radius 3 is 2.78 bits per heavy atom. The Hall–Kier alpha value is -1.99. The minimum Gasteiger partial charge on any atom is -0.478 e. The van der Waals surface area contributed by atoms with E-state index in [4.69, 9.17) is 10.8 Å². The van der Waals surface area contributed by atoms with Gasteiger partial charge >= 0.3 is 5.97 Å². The molecule has 1 rings (SSSR count). The molecule has 0 aliphatic carbocycles. The first-order valence-corrected chi connectivity index (χ1v) is 5.04. The number of nitrogens with two attached hydrogens (primary N) is 1. The van der Waals surface area contributed by atoms with Gasteiger partial charge in [0.2, 0.25) is 5.91 Å². The molecule has 0 bridgehead atoms. The van der Waals surface area contributed by atoms with Crippen LogP contribution in [0.25, 0.3) is 0 Å². The summed E-state index contributed by atoms with van der Waals surface area (Å²) in [6.45, 7) is -0.0218. The Morgan fingerprint density at radius 1 is 1.56 bits per heavy atom. The van der Waals surface area contributed by atoms with Gasteiger partial charge < -0.3 is 20.9 Å². The molecule has 0 saturated heterocycles. The lowest BCUT2D eigenvalue weighted by Crippen LogP contribution is -2.39. The van der Waals surface area contributed by atoms with Crippen molar-refractivity contribution in [3.8, 4) is 0 Å². The number of ether oxygens (including phenoxy) is 1. The Kier molecular flexibility index (Phi) is 4.75. The smallest absolute Gasteiger partial charge is 0.335 e. The number of carbonyl (C=O) groups is 2. The summed E-state index contributed by atoms with van der Waals surface area (Å²) in [7, 11) is 1.37. The Balaban J connectivity index is 2.86. The van der Waals surface area contributed by atoms with Crippen molar-refractivity contribution in [3.05, 3.63) is 29.6 Å². The first kappa shape index (κ1) is 14.1. The van der Waals surface area contributed by atoms with Gasteiger partial charge in [-0.2, -0.15) is 0 Å². The maximum atomic E-state index is 13.4. The number of amides is 1. The van der Waals surface area contributed by atoms with Gasteiger partial charge in [-0.1, -0.05) is 0 Å². The molecular weight excluding hydrogens is 243 g/mol. The van der Waals surface area contributed by atoms with Crippen molar-refractivity contribution in [2.75, 3.05) is 19.0 Å². The zero-order chi connectivity index (χ0) is 13.7. The van der Waals surface area contributed by atoms with Crippen LogP contribution < -0.4 is 11.1 Å². The molecule has 0 aromatic heterocycles. The highest BCUT2D eigenvalue weighted by Crippen LogP contribution is 2.16. The molecule has 1 unspecified atom stereocenters. The molecule has 0 saturated carbocycles. The minimum atomic E-state index is -1.22. The van der Waals surface area contributed by atoms with Gasteiger partial charge in [0.1, 0.15) is 11.9 Å². The number of rotatable bonds is 5. The summed E-state index contributed by atoms with van der Waals surface area (Å²) in [5.41, 5.74) is 5.09. The van der Waals surface area contributed by atoms with Crippen LogP contribution in [0.2, 0.25) is 0 Å². The Labute approximate surface area is 103 Å². The molecule has 6 nitrogen and oxygen atoms in total. The van der Waals surface area contributed by atoms with Gasteiger partial charge in [0.25, 0.3) is 0 Å². The van der Waals surface area contributed by atoms with Crippen LogP contribution in [-0.4, -0.2) is 36.7 Å². The van der Waals surface area contributed by atoms with E-state index in [1.807, 2.05) is 0 Å². The van der Waals surface area contributed by atoms with Crippen molar-refractivity contribution in [2.45, 2.75) is 6.04 Å². The molecule has 0 aliphatic rings. The largest absolute Gasteiger partial charge is 0.478 e. The topological polar surface area (TPSA) is 102 Å². The summed E-state index contributed by atoms with van der Waals surface area (Å²) < 4.78 is 18.0. The fourth-order valence-corrected chi connectivity index (χ4v) is 1.23. The van der Waals surface area contributed by atoms with E-state index in [1.165, 1.54) is 7.11 Å². The average molecular weight is 256 g/mol. The Morgan fingerprint density at radius 2 is 2.22 bits per heavy atom. The molecule has 0 aliphatic heterocycles. The van der Waals surface area contributed by atoms with E-state index in [-0.39, 0.29) is 17.9 Å². The second kappa shape index (κ2) is 6.08. The summed E-state index contributed by atoms with van der Waals surface area (Å²) in [5, 5.41) is 11.0. The number of anilines is 1. The molecule has 1 aromatic carbocycles. The molecule has 0 radical (unpaired) electrons. The molecule has 98 valence electrons. The first-order chi connectivity index (χ1) is 8.45. The number of aromatic carboxylic acids is 1. The Bertz CT molecular complexity index is 464. The summed E-state index contributed by atoms with van der Waals surface area (Å²) in [5.74, 6) is -2.61. The number of benzene rings is 1. The molecule has 1 aromatic rings. The van der Waals surface area contributed by atoms with Crippen LogP contribution in [0.1, 0.15) is 10.4 Å². The number of carbonyl (C=O) groups excluding carboxylic acids is 1. The van der Waals surface area contributed by atoms with Crippen LogP contribution in [0.15, 0.2) is 18.2 Å². The second-order valence-electron chi connectivity index (χ2n) is 3.55. The third-order valence-electron chi connectivity index (χ3n) is 2.15. The number of hydrogen-bond acceptors (Lipinski definition) is 4. The highest BCUT2D eigenvalue weighted by Gasteiger charge is 2.16. The van der Waals surface area contributed by atoms with Crippen molar-refractivity contribution < 1.29 is 23.8 Å². The number of nitrogens with one attached hydrogen (secondary N) is 1. The van der Waals surface area contributed by atoms with Gasteiger partial charge in [-0.15, -0.1) is 0 Å². The fourth-order valence-electron chi connectivity index (χ4n) is 1.23. The van der Waals surface area contributed by atoms with Crippen LogP contribution in [-0.2, 0) is 9.53 Å². The fraction of sp³-hybridized carbons (Fsp3) is 0.273. The van der Waals surface area contributed by atoms with Gasteiger partial charge in [-0.25, -0.2) is 9.18 Å². The molecule has 1 amide bonds. The number of hydrogen-bond donors (Lipinski definition) is 3. The van der Waals surface area contributed by atoms with Crippen LogP contribution in [0.5, 0.6) is 0 Å². The van der Waals surface area contributed by atoms with Crippen LogP contribution in [0, 0.1) is 5.82 Å². The third-order valence-corrected chi connectivity index (χ3v) is 2.15. The van der Waals surface area contributed by atoms with E-state index in [0.29, 0.717) is 0 Å². The van der Waals surface area contributed by atoms with Gasteiger partial charge in [0.05, 0.1) is 17.9 Å². The summed E-state index contributed by atoms with van der Waals surface area (Å²) in [6.07, 6.45) is 0. The third kappa shape index (κ3) is 3.51. The van der Waals surface area contributed by atoms with E-state index in [0.717, 1.165) is 18.2 Å². The molecule has 1 atom stereocenters. The van der Waals surface area contributed by atoms with Crippen LogP contribution in [0.3, 0.4) is 0 Å². The summed E-state index contributed by atoms with van der Waals surface area (Å²) >= 11 is 0. The lowest BCUT2D eigenvalue weighted by atomic mass is 10.2. The van der Waals surface area contributed by atoms with E-state index < -0.39 is 23.7 Å². The minimum absolute atomic E-state index is 0.0218. The number of carboxylic acids is 1. The predicted octanol–water partition coefficient (Wildman–Crippen LogP) is 0.436. The molecule has 0 spiro atoms. The SMILES string of the molecule is COCC(N)C(=O)Nc1cc(C(=O)O)ccc1F. The van der Waals surface area contributed by atoms with Crippen molar-refractivity contribution in [3.63, 3.8) is 0 Å². The molecular formula is C11H13FN2O4. The van der Waals surface area contributed by atoms with Gasteiger partial charge in [0, 0.05) is 7.11 Å². The van der Waals surface area contributed by atoms with Crippen molar-refractivity contribution >= 4 is 17.6 Å². The van der Waals surface area contributed by atoms with E-state index in [9.17, 15) is 14.0 Å². The molecule has 18 heavy (non-hydrogen) atoms. The molecule has 4 N–H and O–H groups in total. The predicted molar refractivity (Wildman–Crippen MR) is 61.8 cm³/mol. The van der Waals surface area contributed by atoms with Gasteiger partial charge in [0.15, 0.2) is 0 Å². The van der Waals surface area contributed by atoms with Gasteiger partial charge in [-0.3, -0.25) is 4.79 Å². The highest BCUT2D eigenvalue weighted by atomic mass is 19.1. The van der Waals surface area contributed by atoms with E-state index in [2.05, 4.69) is 10.1 Å². The molecule has 7 heteroatoms. The standard InChI is InChI=1S/C11H13FN2O4/c1-18-5-8(13)10(15)14-9-4-6(11(16)17)2-3-7(9)12/h2-4,8H,5,13H2,1H3,(H,14,15)(H,16,17). The van der Waals surface area contributed by atoms with Crippen molar-refractivity contribution in [2.24, 2.45) is 5.73 Å². The summed E-state index contributed by atoms with van der Waals surface area (Å²) in [4.78, 5) is 22.2. The monoisotopic (exact) mass is 256 g/mol. The van der Waals surface area contributed by atoms with Gasteiger partial charge in [-0.05, 0) is 18.2 Å². The average Bonchev–Trinajstić information content (AvgIpc) is 2.31. The van der Waals surface area contributed by atoms with Crippen molar-refractivity contribution in [1.29, 1.82) is 0 Å². The number of carboxylic acid groups (broad SMARTS) is 1. The maximum Gasteiger partial charge on any atom is 0.335 e. The lowest BCUT2D eigenvalue weighted by Gasteiger charge is -2.12. The van der Waals surface area contributed by atoms with Crippen LogP contribution in [0.4, 0.5) is 10.1 Å². The second-order valence-corrected chi connectivity index (χ2v) is 3.55. The molecule has 0 fully saturated rings. The van der Waals surface area contributed by atoms with Crippen LogP contribution >= 0.6 is 0 Å². The summed E-state index contributed by atoms with van der Waals surface area (Å²) in [6, 6.07) is 2.13. The quantitative estimate of drug-likeness (QED) is 0.709. The number of halogens is 1.